The number of ether oxygens (including phenoxy) is 1. The van der Waals surface area contributed by atoms with E-state index < -0.39 is 5.91 Å². The normalized spacial score (nSPS) is 13.1. The molecule has 1 heterocycles. The Bertz CT molecular complexity index is 1160. The summed E-state index contributed by atoms with van der Waals surface area (Å²) in [6, 6.07) is 19.0. The average Bonchev–Trinajstić information content (AvgIpc) is 2.81. The van der Waals surface area contributed by atoms with E-state index in [1.54, 1.807) is 25.5 Å². The van der Waals surface area contributed by atoms with Crippen molar-refractivity contribution in [1.82, 2.24) is 5.43 Å². The van der Waals surface area contributed by atoms with Crippen LogP contribution < -0.4 is 15.1 Å². The van der Waals surface area contributed by atoms with Crippen molar-refractivity contribution in [2.75, 3.05) is 18.6 Å². The highest BCUT2D eigenvalue weighted by atomic mass is 79.9. The number of methoxy groups -OCH3 is 1. The number of phenolic OH excluding ortho intramolecular Hbond substituents is 1. The molecule has 1 amide bonds. The van der Waals surface area contributed by atoms with Crippen molar-refractivity contribution in [1.29, 1.82) is 0 Å². The predicted octanol–water partition coefficient (Wildman–Crippen LogP) is 4.88. The maximum Gasteiger partial charge on any atom is 0.275 e. The Kier molecular flexibility index (Phi) is 6.75. The van der Waals surface area contributed by atoms with Gasteiger partial charge in [0.05, 0.1) is 18.9 Å². The number of halogens is 1. The lowest BCUT2D eigenvalue weighted by atomic mass is 10.0. The Hall–Kier alpha value is -3.32. The molecule has 0 atom stereocenters. The molecule has 0 unspecified atom stereocenters. The minimum Gasteiger partial charge on any atom is -0.507 e. The Morgan fingerprint density at radius 2 is 2.06 bits per heavy atom. The molecule has 0 spiro atoms. The van der Waals surface area contributed by atoms with Gasteiger partial charge in [-0.3, -0.25) is 4.79 Å². The molecule has 3 aromatic rings. The zero-order valence-corrected chi connectivity index (χ0v) is 19.3. The molecule has 0 radical (unpaired) electrons. The van der Waals surface area contributed by atoms with Crippen molar-refractivity contribution in [2.24, 2.45) is 5.10 Å². The van der Waals surface area contributed by atoms with Crippen LogP contribution in [0.1, 0.15) is 33.5 Å². The fourth-order valence-corrected chi connectivity index (χ4v) is 4.26. The van der Waals surface area contributed by atoms with E-state index >= 15 is 0 Å². The second kappa shape index (κ2) is 9.87. The van der Waals surface area contributed by atoms with Crippen LogP contribution in [0.25, 0.3) is 0 Å². The monoisotopic (exact) mass is 493 g/mol. The molecular formula is C25H24BrN3O3. The molecule has 32 heavy (non-hydrogen) atoms. The van der Waals surface area contributed by atoms with Gasteiger partial charge in [0, 0.05) is 28.8 Å². The fraction of sp³-hybridized carbons (Fsp3) is 0.200. The van der Waals surface area contributed by atoms with Gasteiger partial charge in [0.1, 0.15) is 11.5 Å². The number of anilines is 1. The molecule has 4 rings (SSSR count). The molecule has 2 N–H and O–H groups in total. The van der Waals surface area contributed by atoms with Gasteiger partial charge in [-0.15, -0.1) is 0 Å². The predicted molar refractivity (Wildman–Crippen MR) is 130 cm³/mol. The molecule has 6 nitrogen and oxygen atoms in total. The number of carbonyl (C=O) groups excluding carboxylic acids is 1. The van der Waals surface area contributed by atoms with Crippen molar-refractivity contribution >= 4 is 33.7 Å². The van der Waals surface area contributed by atoms with E-state index in [1.807, 2.05) is 18.2 Å². The minimum absolute atomic E-state index is 0.102. The van der Waals surface area contributed by atoms with Crippen LogP contribution in [0, 0.1) is 0 Å². The quantitative estimate of drug-likeness (QED) is 0.379. The summed E-state index contributed by atoms with van der Waals surface area (Å²) in [4.78, 5) is 14.7. The summed E-state index contributed by atoms with van der Waals surface area (Å²) in [5.41, 5.74) is 7.13. The van der Waals surface area contributed by atoms with Crippen LogP contribution in [0.4, 0.5) is 5.69 Å². The number of benzene rings is 3. The maximum absolute atomic E-state index is 12.3. The standard InChI is InChI=1S/C25H24BrN3O3/c1-32-24-11-8-17(15-27-28-25(31)21-14-20(26)9-10-23(21)30)13-19(24)16-29-12-4-6-18-5-2-3-7-22(18)29/h2-3,5,7-11,13-15,30H,4,6,12,16H2,1H3,(H,28,31)/b27-15+. The van der Waals surface area contributed by atoms with Gasteiger partial charge in [0.25, 0.3) is 5.91 Å². The summed E-state index contributed by atoms with van der Waals surface area (Å²) >= 11 is 3.30. The zero-order valence-electron chi connectivity index (χ0n) is 17.7. The van der Waals surface area contributed by atoms with Gasteiger partial charge in [-0.25, -0.2) is 5.43 Å². The minimum atomic E-state index is -0.487. The van der Waals surface area contributed by atoms with E-state index in [0.29, 0.717) is 4.47 Å². The third-order valence-electron chi connectivity index (χ3n) is 5.46. The van der Waals surface area contributed by atoms with E-state index in [2.05, 4.69) is 55.6 Å². The van der Waals surface area contributed by atoms with Crippen molar-refractivity contribution in [3.05, 3.63) is 87.4 Å². The summed E-state index contributed by atoms with van der Waals surface area (Å²) < 4.78 is 6.28. The van der Waals surface area contributed by atoms with Gasteiger partial charge < -0.3 is 14.7 Å². The number of amides is 1. The number of para-hydroxylation sites is 1. The first kappa shape index (κ1) is 21.9. The van der Waals surface area contributed by atoms with Crippen LogP contribution >= 0.6 is 15.9 Å². The number of rotatable bonds is 6. The SMILES string of the molecule is COc1ccc(/C=N/NC(=O)c2cc(Br)ccc2O)cc1CN1CCCc2ccccc21. The third-order valence-corrected chi connectivity index (χ3v) is 5.95. The van der Waals surface area contributed by atoms with Gasteiger partial charge in [-0.1, -0.05) is 34.1 Å². The average molecular weight is 494 g/mol. The van der Waals surface area contributed by atoms with E-state index in [1.165, 1.54) is 17.3 Å². The second-order valence-corrected chi connectivity index (χ2v) is 8.50. The molecule has 1 aliphatic heterocycles. The molecule has 3 aromatic carbocycles. The largest absolute Gasteiger partial charge is 0.507 e. The molecule has 0 aromatic heterocycles. The van der Waals surface area contributed by atoms with Gasteiger partial charge in [-0.2, -0.15) is 5.10 Å². The number of carbonyl (C=O) groups is 1. The fourth-order valence-electron chi connectivity index (χ4n) is 3.90. The molecule has 164 valence electrons. The number of hydrogen-bond acceptors (Lipinski definition) is 5. The van der Waals surface area contributed by atoms with Crippen LogP contribution in [0.15, 0.2) is 70.2 Å². The Morgan fingerprint density at radius 1 is 1.22 bits per heavy atom. The smallest absolute Gasteiger partial charge is 0.275 e. The van der Waals surface area contributed by atoms with Crippen molar-refractivity contribution < 1.29 is 14.6 Å². The van der Waals surface area contributed by atoms with Crippen LogP contribution in [0.2, 0.25) is 0 Å². The van der Waals surface area contributed by atoms with E-state index in [0.717, 1.165) is 42.8 Å². The van der Waals surface area contributed by atoms with Gasteiger partial charge in [0.2, 0.25) is 0 Å². The molecule has 0 aliphatic carbocycles. The Balaban J connectivity index is 1.50. The topological polar surface area (TPSA) is 74.2 Å². The van der Waals surface area contributed by atoms with Crippen LogP contribution in [0.5, 0.6) is 11.5 Å². The van der Waals surface area contributed by atoms with Gasteiger partial charge >= 0.3 is 0 Å². The number of nitrogens with zero attached hydrogens (tertiary/aromatic N) is 2. The van der Waals surface area contributed by atoms with E-state index in [9.17, 15) is 9.90 Å². The summed E-state index contributed by atoms with van der Waals surface area (Å²) in [5.74, 6) is 0.224. The highest BCUT2D eigenvalue weighted by Crippen LogP contribution is 2.30. The maximum atomic E-state index is 12.3. The number of hydrazone groups is 1. The number of nitrogens with one attached hydrogen (secondary N) is 1. The number of aromatic hydroxyl groups is 1. The third kappa shape index (κ3) is 4.94. The highest BCUT2D eigenvalue weighted by molar-refractivity contribution is 9.10. The molecule has 7 heteroatoms. The lowest BCUT2D eigenvalue weighted by Crippen LogP contribution is -2.29. The Labute approximate surface area is 195 Å². The molecule has 0 bridgehead atoms. The molecule has 1 aliphatic rings. The van der Waals surface area contributed by atoms with Crippen LogP contribution in [-0.2, 0) is 13.0 Å². The highest BCUT2D eigenvalue weighted by Gasteiger charge is 2.18. The molecule has 0 saturated heterocycles. The first-order valence-electron chi connectivity index (χ1n) is 10.4. The van der Waals surface area contributed by atoms with Crippen molar-refractivity contribution in [3.63, 3.8) is 0 Å². The number of fused-ring (bicyclic) bond motifs is 1. The summed E-state index contributed by atoms with van der Waals surface area (Å²) in [6.45, 7) is 1.71. The van der Waals surface area contributed by atoms with Crippen molar-refractivity contribution in [3.8, 4) is 11.5 Å². The lowest BCUT2D eigenvalue weighted by Gasteiger charge is -2.31. The first-order valence-corrected chi connectivity index (χ1v) is 11.2. The van der Waals surface area contributed by atoms with E-state index in [4.69, 9.17) is 4.74 Å². The Morgan fingerprint density at radius 3 is 2.91 bits per heavy atom. The van der Waals surface area contributed by atoms with Crippen LogP contribution in [0.3, 0.4) is 0 Å². The van der Waals surface area contributed by atoms with Gasteiger partial charge in [0.15, 0.2) is 0 Å². The van der Waals surface area contributed by atoms with Gasteiger partial charge in [-0.05, 0) is 66.4 Å². The number of hydrogen-bond donors (Lipinski definition) is 2. The summed E-state index contributed by atoms with van der Waals surface area (Å²) in [5, 5.41) is 14.0. The van der Waals surface area contributed by atoms with Crippen molar-refractivity contribution in [2.45, 2.75) is 19.4 Å². The first-order chi connectivity index (χ1) is 15.5. The number of phenols is 1. The van der Waals surface area contributed by atoms with E-state index in [-0.39, 0.29) is 11.3 Å². The zero-order chi connectivity index (χ0) is 22.5. The van der Waals surface area contributed by atoms with Crippen LogP contribution in [-0.4, -0.2) is 30.9 Å². The molecular weight excluding hydrogens is 470 g/mol. The molecule has 0 saturated carbocycles. The summed E-state index contributed by atoms with van der Waals surface area (Å²) in [7, 11) is 1.67. The number of aryl methyl sites for hydroxylation is 1. The summed E-state index contributed by atoms with van der Waals surface area (Å²) in [6.07, 6.45) is 3.80. The molecule has 0 fully saturated rings. The second-order valence-electron chi connectivity index (χ2n) is 7.59. The lowest BCUT2D eigenvalue weighted by molar-refractivity contribution is 0.0952.